The van der Waals surface area contributed by atoms with E-state index in [0.717, 1.165) is 25.1 Å². The Morgan fingerprint density at radius 3 is 2.39 bits per heavy atom. The number of amides is 2. The summed E-state index contributed by atoms with van der Waals surface area (Å²) >= 11 is 0. The minimum atomic E-state index is -1.18. The number of nitrogens with one attached hydrogen (secondary N) is 1. The van der Waals surface area contributed by atoms with Gasteiger partial charge in [0.2, 0.25) is 0 Å². The van der Waals surface area contributed by atoms with Gasteiger partial charge in [-0.2, -0.15) is 0 Å². The van der Waals surface area contributed by atoms with Crippen LogP contribution in [-0.4, -0.2) is 86.3 Å². The van der Waals surface area contributed by atoms with Crippen molar-refractivity contribution in [2.45, 2.75) is 39.3 Å². The third-order valence-corrected chi connectivity index (χ3v) is 7.21. The van der Waals surface area contributed by atoms with Crippen LogP contribution in [0.5, 0.6) is 5.75 Å². The number of aryl methyl sites for hydroxylation is 1. The van der Waals surface area contributed by atoms with Crippen LogP contribution in [0.3, 0.4) is 0 Å². The molecule has 38 heavy (non-hydrogen) atoms. The molecule has 0 saturated carbocycles. The maximum absolute atomic E-state index is 13.6. The zero-order valence-electron chi connectivity index (χ0n) is 23.4. The second-order valence-corrected chi connectivity index (χ2v) is 10.4. The van der Waals surface area contributed by atoms with E-state index in [-0.39, 0.29) is 29.7 Å². The van der Waals surface area contributed by atoms with Gasteiger partial charge in [-0.05, 0) is 55.9 Å². The highest BCUT2D eigenvalue weighted by atomic mass is 16.5. The van der Waals surface area contributed by atoms with Gasteiger partial charge < -0.3 is 29.7 Å². The summed E-state index contributed by atoms with van der Waals surface area (Å²) in [5, 5.41) is 14.0. The normalized spacial score (nSPS) is 17.9. The molecule has 2 amide bonds. The molecule has 0 unspecified atom stereocenters. The van der Waals surface area contributed by atoms with Gasteiger partial charge in [-0.15, -0.1) is 0 Å². The van der Waals surface area contributed by atoms with Gasteiger partial charge in [0.15, 0.2) is 6.10 Å². The van der Waals surface area contributed by atoms with E-state index in [1.807, 2.05) is 62.1 Å². The molecular weight excluding hydrogens is 482 g/mol. The van der Waals surface area contributed by atoms with Crippen LogP contribution in [0.4, 0.5) is 0 Å². The Bertz CT molecular complexity index is 1050. The van der Waals surface area contributed by atoms with Crippen molar-refractivity contribution in [3.05, 3.63) is 65.2 Å². The Morgan fingerprint density at radius 1 is 1.05 bits per heavy atom. The van der Waals surface area contributed by atoms with Crippen molar-refractivity contribution in [1.82, 2.24) is 15.1 Å². The molecule has 8 nitrogen and oxygen atoms in total. The number of aliphatic hydroxyl groups is 1. The number of carbonyl (C=O) groups excluding carboxylic acids is 2. The van der Waals surface area contributed by atoms with Crippen molar-refractivity contribution in [3.8, 4) is 5.75 Å². The lowest BCUT2D eigenvalue weighted by Gasteiger charge is -2.33. The number of methoxy groups -OCH3 is 1. The molecule has 1 fully saturated rings. The SMILES string of the molecule is COCCCOc1cc(C(=O)N(C[C@@H]2CNC[C@H]2CN(C)C(=O)[C@@H](O)c2ccccc2)C(C)C)ccc1C. The summed E-state index contributed by atoms with van der Waals surface area (Å²) < 4.78 is 11.0. The number of ether oxygens (including phenoxy) is 2. The topological polar surface area (TPSA) is 91.3 Å². The fraction of sp³-hybridized carbons (Fsp3) is 0.533. The predicted molar refractivity (Wildman–Crippen MR) is 148 cm³/mol. The first-order chi connectivity index (χ1) is 18.2. The molecule has 208 valence electrons. The summed E-state index contributed by atoms with van der Waals surface area (Å²) in [6.07, 6.45) is -0.406. The first-order valence-corrected chi connectivity index (χ1v) is 13.4. The fourth-order valence-corrected chi connectivity index (χ4v) is 4.86. The molecule has 0 aromatic heterocycles. The Hall–Kier alpha value is -2.94. The van der Waals surface area contributed by atoms with Crippen LogP contribution in [0, 0.1) is 18.8 Å². The van der Waals surface area contributed by atoms with Gasteiger partial charge in [0, 0.05) is 65.0 Å². The molecule has 2 aromatic rings. The maximum atomic E-state index is 13.6. The highest BCUT2D eigenvalue weighted by molar-refractivity contribution is 5.95. The number of carbonyl (C=O) groups is 2. The molecule has 2 aromatic carbocycles. The van der Waals surface area contributed by atoms with Crippen molar-refractivity contribution in [2.75, 3.05) is 53.6 Å². The van der Waals surface area contributed by atoms with Crippen LogP contribution in [0.25, 0.3) is 0 Å². The van der Waals surface area contributed by atoms with Gasteiger partial charge in [-0.25, -0.2) is 0 Å². The van der Waals surface area contributed by atoms with Crippen molar-refractivity contribution >= 4 is 11.8 Å². The van der Waals surface area contributed by atoms with Crippen LogP contribution < -0.4 is 10.1 Å². The standard InChI is InChI=1S/C30H43N3O5/c1-21(2)33(29(35)24-13-12-22(3)27(16-24)38-15-9-14-37-5)20-26-18-31-17-25(26)19-32(4)30(36)28(34)23-10-7-6-8-11-23/h6-8,10-13,16,21,25-26,28,31,34H,9,14-15,17-20H2,1-5H3/t25-,26-,28-/m0/s1. The van der Waals surface area contributed by atoms with Gasteiger partial charge in [0.05, 0.1) is 6.61 Å². The quantitative estimate of drug-likeness (QED) is 0.390. The summed E-state index contributed by atoms with van der Waals surface area (Å²) in [6, 6.07) is 14.6. The predicted octanol–water partition coefficient (Wildman–Crippen LogP) is 3.29. The number of hydrogen-bond acceptors (Lipinski definition) is 6. The number of nitrogens with zero attached hydrogens (tertiary/aromatic N) is 2. The van der Waals surface area contributed by atoms with Crippen LogP contribution in [0.15, 0.2) is 48.5 Å². The molecule has 1 heterocycles. The van der Waals surface area contributed by atoms with Gasteiger partial charge in [0.25, 0.3) is 11.8 Å². The van der Waals surface area contributed by atoms with Crippen LogP contribution in [0.2, 0.25) is 0 Å². The monoisotopic (exact) mass is 525 g/mol. The molecular formula is C30H43N3O5. The van der Waals surface area contributed by atoms with E-state index >= 15 is 0 Å². The van der Waals surface area contributed by atoms with E-state index < -0.39 is 6.10 Å². The van der Waals surface area contributed by atoms with Crippen LogP contribution in [0.1, 0.15) is 47.9 Å². The highest BCUT2D eigenvalue weighted by Gasteiger charge is 2.34. The lowest BCUT2D eigenvalue weighted by molar-refractivity contribution is -0.139. The average molecular weight is 526 g/mol. The second kappa shape index (κ2) is 14.3. The molecule has 0 radical (unpaired) electrons. The van der Waals surface area contributed by atoms with E-state index in [1.165, 1.54) is 0 Å². The molecule has 2 N–H and O–H groups in total. The largest absolute Gasteiger partial charge is 0.493 e. The zero-order chi connectivity index (χ0) is 27.7. The summed E-state index contributed by atoms with van der Waals surface area (Å²) in [4.78, 5) is 30.0. The Morgan fingerprint density at radius 2 is 1.74 bits per heavy atom. The molecule has 8 heteroatoms. The first-order valence-electron chi connectivity index (χ1n) is 13.4. The molecule has 0 spiro atoms. The number of rotatable bonds is 13. The van der Waals surface area contributed by atoms with E-state index in [1.54, 1.807) is 31.2 Å². The molecule has 0 aliphatic carbocycles. The third-order valence-electron chi connectivity index (χ3n) is 7.21. The number of benzene rings is 2. The van der Waals surface area contributed by atoms with Gasteiger partial charge >= 0.3 is 0 Å². The summed E-state index contributed by atoms with van der Waals surface area (Å²) in [5.74, 6) is 0.708. The lowest BCUT2D eigenvalue weighted by atomic mass is 9.93. The summed E-state index contributed by atoms with van der Waals surface area (Å²) in [5.41, 5.74) is 2.18. The summed E-state index contributed by atoms with van der Waals surface area (Å²) in [6.45, 7) is 9.79. The second-order valence-electron chi connectivity index (χ2n) is 10.4. The molecule has 1 aliphatic heterocycles. The van der Waals surface area contributed by atoms with Gasteiger partial charge in [-0.3, -0.25) is 9.59 Å². The first kappa shape index (κ1) is 29.6. The van der Waals surface area contributed by atoms with E-state index in [9.17, 15) is 14.7 Å². The number of likely N-dealkylation sites (N-methyl/N-ethyl adjacent to an activating group) is 1. The molecule has 3 rings (SSSR count). The average Bonchev–Trinajstić information content (AvgIpc) is 3.36. The molecule has 0 bridgehead atoms. The number of hydrogen-bond donors (Lipinski definition) is 2. The highest BCUT2D eigenvalue weighted by Crippen LogP contribution is 2.25. The van der Waals surface area contributed by atoms with Crippen LogP contribution >= 0.6 is 0 Å². The van der Waals surface area contributed by atoms with E-state index in [2.05, 4.69) is 5.32 Å². The van der Waals surface area contributed by atoms with Crippen molar-refractivity contribution < 1.29 is 24.2 Å². The molecule has 1 saturated heterocycles. The van der Waals surface area contributed by atoms with Crippen molar-refractivity contribution in [3.63, 3.8) is 0 Å². The fourth-order valence-electron chi connectivity index (χ4n) is 4.86. The zero-order valence-corrected chi connectivity index (χ0v) is 23.4. The van der Waals surface area contributed by atoms with Crippen molar-refractivity contribution in [2.24, 2.45) is 11.8 Å². The van der Waals surface area contributed by atoms with E-state index in [0.29, 0.717) is 43.2 Å². The van der Waals surface area contributed by atoms with Crippen LogP contribution in [-0.2, 0) is 9.53 Å². The third kappa shape index (κ3) is 7.79. The molecule has 3 atom stereocenters. The Balaban J connectivity index is 1.66. The van der Waals surface area contributed by atoms with E-state index in [4.69, 9.17) is 9.47 Å². The Kier molecular flexibility index (Phi) is 11.1. The Labute approximate surface area is 226 Å². The maximum Gasteiger partial charge on any atom is 0.255 e. The number of aliphatic hydroxyl groups excluding tert-OH is 1. The smallest absolute Gasteiger partial charge is 0.255 e. The minimum Gasteiger partial charge on any atom is -0.493 e. The van der Waals surface area contributed by atoms with Crippen molar-refractivity contribution in [1.29, 1.82) is 0 Å². The molecule has 1 aliphatic rings. The lowest BCUT2D eigenvalue weighted by Crippen LogP contribution is -2.44. The van der Waals surface area contributed by atoms with Gasteiger partial charge in [-0.1, -0.05) is 36.4 Å². The van der Waals surface area contributed by atoms with Gasteiger partial charge in [0.1, 0.15) is 5.75 Å². The minimum absolute atomic E-state index is 0.00962. The summed E-state index contributed by atoms with van der Waals surface area (Å²) in [7, 11) is 3.40.